The zero-order chi connectivity index (χ0) is 11.2. The summed E-state index contributed by atoms with van der Waals surface area (Å²) >= 11 is 1.79. The lowest BCUT2D eigenvalue weighted by molar-refractivity contribution is 0.146. The number of nitrogens with zero attached hydrogens (tertiary/aromatic N) is 1. The van der Waals surface area contributed by atoms with Crippen molar-refractivity contribution in [1.29, 1.82) is 0 Å². The summed E-state index contributed by atoms with van der Waals surface area (Å²) in [6, 6.07) is 4.15. The number of furan rings is 1. The Morgan fingerprint density at radius 1 is 1.25 bits per heavy atom. The number of thioether (sulfide) groups is 1. The smallest absolute Gasteiger partial charge is 0.119 e. The van der Waals surface area contributed by atoms with Crippen molar-refractivity contribution in [3.8, 4) is 0 Å². The normalized spacial score (nSPS) is 17.8. The molecule has 1 N–H and O–H groups in total. The summed E-state index contributed by atoms with van der Waals surface area (Å²) < 4.78 is 5.71. The first-order valence-electron chi connectivity index (χ1n) is 5.93. The molecule has 3 nitrogen and oxygen atoms in total. The Hall–Kier alpha value is -0.450. The van der Waals surface area contributed by atoms with Crippen LogP contribution in [0.15, 0.2) is 16.5 Å². The lowest BCUT2D eigenvalue weighted by atomic mass is 10.2. The van der Waals surface area contributed by atoms with Crippen molar-refractivity contribution >= 4 is 11.8 Å². The molecule has 0 unspecified atom stereocenters. The molecule has 90 valence electrons. The highest BCUT2D eigenvalue weighted by Crippen LogP contribution is 2.13. The van der Waals surface area contributed by atoms with Crippen LogP contribution in [0.5, 0.6) is 0 Å². The molecule has 0 aliphatic carbocycles. The van der Waals surface area contributed by atoms with Crippen LogP contribution in [-0.4, -0.2) is 24.4 Å². The van der Waals surface area contributed by atoms with E-state index in [2.05, 4.69) is 28.8 Å². The van der Waals surface area contributed by atoms with Crippen molar-refractivity contribution in [1.82, 2.24) is 10.4 Å². The quantitative estimate of drug-likeness (QED) is 0.856. The van der Waals surface area contributed by atoms with E-state index in [1.54, 1.807) is 11.8 Å². The van der Waals surface area contributed by atoms with E-state index in [9.17, 15) is 0 Å². The second kappa shape index (κ2) is 6.33. The van der Waals surface area contributed by atoms with Gasteiger partial charge in [0.05, 0.1) is 12.3 Å². The molecular weight excluding hydrogens is 220 g/mol. The van der Waals surface area contributed by atoms with Gasteiger partial charge in [-0.2, -0.15) is 11.8 Å². The third-order valence-electron chi connectivity index (χ3n) is 2.84. The maximum absolute atomic E-state index is 5.71. The molecular formula is C12H20N2OS. The number of hydrogen-bond acceptors (Lipinski definition) is 4. The fourth-order valence-corrected chi connectivity index (χ4v) is 2.42. The molecule has 1 aromatic heterocycles. The molecule has 2 heterocycles. The van der Waals surface area contributed by atoms with Gasteiger partial charge in [-0.05, 0) is 31.2 Å². The molecule has 1 aromatic rings. The average molecular weight is 240 g/mol. The summed E-state index contributed by atoms with van der Waals surface area (Å²) in [6.07, 6.45) is 6.08. The Labute approximate surface area is 102 Å². The van der Waals surface area contributed by atoms with Crippen LogP contribution in [0.3, 0.4) is 0 Å². The predicted octanol–water partition coefficient (Wildman–Crippen LogP) is 2.63. The Morgan fingerprint density at radius 2 is 2.00 bits per heavy atom. The largest absolute Gasteiger partial charge is 0.464 e. The molecule has 0 radical (unpaired) electrons. The molecule has 1 saturated heterocycles. The van der Waals surface area contributed by atoms with Gasteiger partial charge in [0.2, 0.25) is 0 Å². The fourth-order valence-electron chi connectivity index (χ4n) is 1.98. The van der Waals surface area contributed by atoms with Gasteiger partial charge in [-0.1, -0.05) is 6.42 Å². The van der Waals surface area contributed by atoms with E-state index in [0.29, 0.717) is 0 Å². The molecule has 0 aromatic carbocycles. The summed E-state index contributed by atoms with van der Waals surface area (Å²) in [4.78, 5) is 0. The molecule has 0 saturated carbocycles. The number of piperidine rings is 1. The second-order valence-electron chi connectivity index (χ2n) is 4.18. The van der Waals surface area contributed by atoms with Gasteiger partial charge in [-0.15, -0.1) is 0 Å². The van der Waals surface area contributed by atoms with Crippen LogP contribution in [0, 0.1) is 0 Å². The minimum atomic E-state index is 0.814. The molecule has 4 heteroatoms. The second-order valence-corrected chi connectivity index (χ2v) is 5.05. The van der Waals surface area contributed by atoms with E-state index >= 15 is 0 Å². The van der Waals surface area contributed by atoms with E-state index in [1.807, 2.05) is 0 Å². The Balaban J connectivity index is 1.75. The molecule has 1 aliphatic rings. The van der Waals surface area contributed by atoms with Crippen molar-refractivity contribution in [3.05, 3.63) is 23.7 Å². The lowest BCUT2D eigenvalue weighted by Crippen LogP contribution is -2.41. The minimum absolute atomic E-state index is 0.814. The van der Waals surface area contributed by atoms with E-state index in [4.69, 9.17) is 4.42 Å². The predicted molar refractivity (Wildman–Crippen MR) is 68.2 cm³/mol. The maximum atomic E-state index is 5.71. The van der Waals surface area contributed by atoms with Gasteiger partial charge < -0.3 is 4.42 Å². The zero-order valence-electron chi connectivity index (χ0n) is 9.87. The Bertz CT molecular complexity index is 308. The third-order valence-corrected chi connectivity index (χ3v) is 3.41. The van der Waals surface area contributed by atoms with Crippen LogP contribution in [0.2, 0.25) is 0 Å². The Morgan fingerprint density at radius 3 is 2.75 bits per heavy atom. The highest BCUT2D eigenvalue weighted by Gasteiger charge is 2.10. The molecule has 0 atom stereocenters. The monoisotopic (exact) mass is 240 g/mol. The van der Waals surface area contributed by atoms with E-state index < -0.39 is 0 Å². The van der Waals surface area contributed by atoms with Crippen LogP contribution in [0.4, 0.5) is 0 Å². The van der Waals surface area contributed by atoms with Gasteiger partial charge in [0, 0.05) is 13.1 Å². The summed E-state index contributed by atoms with van der Waals surface area (Å²) in [5, 5.41) is 2.31. The highest BCUT2D eigenvalue weighted by atomic mass is 32.2. The molecule has 16 heavy (non-hydrogen) atoms. The first kappa shape index (κ1) is 12.0. The van der Waals surface area contributed by atoms with Crippen molar-refractivity contribution in [2.24, 2.45) is 0 Å². The molecule has 1 aliphatic heterocycles. The Kier molecular flexibility index (Phi) is 4.75. The fraction of sp³-hybridized carbons (Fsp3) is 0.667. The summed E-state index contributed by atoms with van der Waals surface area (Å²) in [5.74, 6) is 3.07. The maximum Gasteiger partial charge on any atom is 0.119 e. The SMILES string of the molecule is CSCc1ccc(CNN2CCCCC2)o1. The third kappa shape index (κ3) is 3.54. The van der Waals surface area contributed by atoms with Gasteiger partial charge in [0.15, 0.2) is 0 Å². The summed E-state index contributed by atoms with van der Waals surface area (Å²) in [5.41, 5.74) is 3.43. The van der Waals surface area contributed by atoms with Crippen LogP contribution >= 0.6 is 11.8 Å². The van der Waals surface area contributed by atoms with Crippen LogP contribution in [0.25, 0.3) is 0 Å². The van der Waals surface area contributed by atoms with E-state index in [1.165, 1.54) is 32.4 Å². The lowest BCUT2D eigenvalue weighted by Gasteiger charge is -2.26. The van der Waals surface area contributed by atoms with E-state index in [-0.39, 0.29) is 0 Å². The zero-order valence-corrected chi connectivity index (χ0v) is 10.7. The van der Waals surface area contributed by atoms with Crippen molar-refractivity contribution in [3.63, 3.8) is 0 Å². The van der Waals surface area contributed by atoms with Gasteiger partial charge in [0.1, 0.15) is 11.5 Å². The minimum Gasteiger partial charge on any atom is -0.464 e. The van der Waals surface area contributed by atoms with E-state index in [0.717, 1.165) is 23.8 Å². The molecule has 0 spiro atoms. The van der Waals surface area contributed by atoms with Crippen molar-refractivity contribution in [2.45, 2.75) is 31.6 Å². The first-order chi connectivity index (χ1) is 7.88. The number of hydrazine groups is 1. The standard InChI is InChI=1S/C12H20N2OS/c1-16-10-12-6-5-11(15-12)9-13-14-7-3-2-4-8-14/h5-6,13H,2-4,7-10H2,1H3. The number of rotatable bonds is 5. The number of nitrogens with one attached hydrogen (secondary N) is 1. The van der Waals surface area contributed by atoms with Gasteiger partial charge in [-0.3, -0.25) is 0 Å². The molecule has 0 bridgehead atoms. The van der Waals surface area contributed by atoms with Gasteiger partial charge >= 0.3 is 0 Å². The average Bonchev–Trinajstić information content (AvgIpc) is 2.76. The molecule has 2 rings (SSSR count). The summed E-state index contributed by atoms with van der Waals surface area (Å²) in [7, 11) is 0. The highest BCUT2D eigenvalue weighted by molar-refractivity contribution is 7.97. The molecule has 0 amide bonds. The van der Waals surface area contributed by atoms with Gasteiger partial charge in [0.25, 0.3) is 0 Å². The van der Waals surface area contributed by atoms with Crippen molar-refractivity contribution in [2.75, 3.05) is 19.3 Å². The number of hydrogen-bond donors (Lipinski definition) is 1. The first-order valence-corrected chi connectivity index (χ1v) is 7.33. The summed E-state index contributed by atoms with van der Waals surface area (Å²) in [6.45, 7) is 3.14. The van der Waals surface area contributed by atoms with Crippen LogP contribution < -0.4 is 5.43 Å². The van der Waals surface area contributed by atoms with Crippen LogP contribution in [-0.2, 0) is 12.3 Å². The van der Waals surface area contributed by atoms with Crippen molar-refractivity contribution < 1.29 is 4.42 Å². The van der Waals surface area contributed by atoms with Gasteiger partial charge in [-0.25, -0.2) is 10.4 Å². The molecule has 1 fully saturated rings. The van der Waals surface area contributed by atoms with Crippen LogP contribution in [0.1, 0.15) is 30.8 Å². The topological polar surface area (TPSA) is 28.4 Å².